The van der Waals surface area contributed by atoms with Crippen LogP contribution in [0.3, 0.4) is 0 Å². The maximum absolute atomic E-state index is 3.58. The molecule has 0 spiro atoms. The van der Waals surface area contributed by atoms with Gasteiger partial charge in [0.2, 0.25) is 0 Å². The lowest BCUT2D eigenvalue weighted by molar-refractivity contribution is 1.44. The van der Waals surface area contributed by atoms with Gasteiger partial charge in [-0.1, -0.05) is 48.6 Å². The predicted octanol–water partition coefficient (Wildman–Crippen LogP) is 4.45. The van der Waals surface area contributed by atoms with Gasteiger partial charge in [0, 0.05) is 11.1 Å². The molecule has 4 rings (SSSR count). The van der Waals surface area contributed by atoms with Crippen molar-refractivity contribution in [2.75, 3.05) is 0 Å². The Morgan fingerprint density at radius 2 is 1.61 bits per heavy atom. The fraction of sp³-hybridized carbons (Fsp3) is 0.0556. The molecule has 0 saturated heterocycles. The average Bonchev–Trinajstić information content (AvgIpc) is 2.58. The van der Waals surface area contributed by atoms with Gasteiger partial charge in [-0.3, -0.25) is 0 Å². The Morgan fingerprint density at radius 3 is 2.39 bits per heavy atom. The highest BCUT2D eigenvalue weighted by molar-refractivity contribution is 6.09. The van der Waals surface area contributed by atoms with Gasteiger partial charge < -0.3 is 0 Å². The third-order valence-electron chi connectivity index (χ3n) is 3.76. The zero-order chi connectivity index (χ0) is 12.1. The van der Waals surface area contributed by atoms with Crippen molar-refractivity contribution in [1.82, 2.24) is 0 Å². The summed E-state index contributed by atoms with van der Waals surface area (Å²) in [4.78, 5) is 0. The lowest BCUT2D eigenvalue weighted by Gasteiger charge is -1.97. The normalized spacial score (nSPS) is 18.8. The SMILES string of the molecule is CC1=CC=C2C3=C=C1C=CC=C3c1ccccc12. The van der Waals surface area contributed by atoms with Crippen molar-refractivity contribution >= 4 is 11.1 Å². The number of hydrogen-bond acceptors (Lipinski definition) is 0. The van der Waals surface area contributed by atoms with Crippen LogP contribution in [0.25, 0.3) is 11.1 Å². The van der Waals surface area contributed by atoms with Gasteiger partial charge in [0.25, 0.3) is 0 Å². The number of rotatable bonds is 0. The molecule has 0 unspecified atom stereocenters. The fourth-order valence-corrected chi connectivity index (χ4v) is 2.79. The molecule has 0 atom stereocenters. The van der Waals surface area contributed by atoms with Gasteiger partial charge >= 0.3 is 0 Å². The highest BCUT2D eigenvalue weighted by Crippen LogP contribution is 2.46. The van der Waals surface area contributed by atoms with Crippen molar-refractivity contribution < 1.29 is 0 Å². The van der Waals surface area contributed by atoms with E-state index in [0.717, 1.165) is 0 Å². The second-order valence-corrected chi connectivity index (χ2v) is 4.83. The quantitative estimate of drug-likeness (QED) is 0.575. The Kier molecular flexibility index (Phi) is 1.81. The minimum atomic E-state index is 1.19. The maximum atomic E-state index is 3.58. The van der Waals surface area contributed by atoms with Gasteiger partial charge in [0.05, 0.1) is 0 Å². The Balaban J connectivity index is 2.17. The van der Waals surface area contributed by atoms with Crippen LogP contribution >= 0.6 is 0 Å². The third kappa shape index (κ3) is 1.16. The van der Waals surface area contributed by atoms with E-state index in [1.54, 1.807) is 0 Å². The summed E-state index contributed by atoms with van der Waals surface area (Å²) in [5.41, 5.74) is 12.5. The lowest BCUT2D eigenvalue weighted by Crippen LogP contribution is -1.78. The number of fused-ring (bicyclic) bond motifs is 3. The average molecular weight is 228 g/mol. The van der Waals surface area contributed by atoms with Gasteiger partial charge in [-0.2, -0.15) is 0 Å². The van der Waals surface area contributed by atoms with Crippen molar-refractivity contribution in [3.8, 4) is 0 Å². The monoisotopic (exact) mass is 228 g/mol. The zero-order valence-corrected chi connectivity index (χ0v) is 10.2. The van der Waals surface area contributed by atoms with Gasteiger partial charge in [-0.05, 0) is 40.8 Å². The van der Waals surface area contributed by atoms with Gasteiger partial charge in [-0.15, -0.1) is 5.73 Å². The standard InChI is InChI=1S/C18H12/c1-12-9-10-17-15-7-3-2-6-14(15)16-8-4-5-13(12)11-18(16)17/h2-10H,1H3. The first kappa shape index (κ1) is 9.70. The van der Waals surface area contributed by atoms with Crippen LogP contribution in [-0.2, 0) is 0 Å². The Bertz CT molecular complexity index is 755. The summed E-state index contributed by atoms with van der Waals surface area (Å²) in [5, 5.41) is 0. The number of allylic oxidation sites excluding steroid dienone is 9. The van der Waals surface area contributed by atoms with E-state index in [1.807, 2.05) is 0 Å². The summed E-state index contributed by atoms with van der Waals surface area (Å²) in [5.74, 6) is 0. The van der Waals surface area contributed by atoms with E-state index in [-0.39, 0.29) is 0 Å². The van der Waals surface area contributed by atoms with Crippen LogP contribution in [0.1, 0.15) is 18.1 Å². The first-order valence-electron chi connectivity index (χ1n) is 6.23. The highest BCUT2D eigenvalue weighted by atomic mass is 14.3. The molecule has 1 aromatic rings. The molecule has 0 heteroatoms. The van der Waals surface area contributed by atoms with Gasteiger partial charge in [-0.25, -0.2) is 0 Å². The molecule has 0 nitrogen and oxygen atoms in total. The molecule has 0 saturated carbocycles. The number of hydrogen-bond donors (Lipinski definition) is 0. The van der Waals surface area contributed by atoms with Crippen LogP contribution in [0, 0.1) is 0 Å². The third-order valence-corrected chi connectivity index (χ3v) is 3.76. The second kappa shape index (κ2) is 3.35. The molecule has 1 aromatic carbocycles. The maximum Gasteiger partial charge on any atom is 0.0328 e. The van der Waals surface area contributed by atoms with Crippen LogP contribution < -0.4 is 0 Å². The Labute approximate surface area is 107 Å². The molecule has 18 heavy (non-hydrogen) atoms. The van der Waals surface area contributed by atoms with Crippen LogP contribution in [-0.4, -0.2) is 0 Å². The summed E-state index contributed by atoms with van der Waals surface area (Å²) in [6, 6.07) is 8.60. The lowest BCUT2D eigenvalue weighted by atomic mass is 10.1. The molecule has 0 heterocycles. The van der Waals surface area contributed by atoms with Crippen LogP contribution in [0.15, 0.2) is 77.1 Å². The fourth-order valence-electron chi connectivity index (χ4n) is 2.79. The molecule has 0 N–H and O–H groups in total. The minimum absolute atomic E-state index is 1.19. The summed E-state index contributed by atoms with van der Waals surface area (Å²) < 4.78 is 0. The topological polar surface area (TPSA) is 0 Å². The predicted molar refractivity (Wildman–Crippen MR) is 75.8 cm³/mol. The highest BCUT2D eigenvalue weighted by Gasteiger charge is 2.26. The van der Waals surface area contributed by atoms with Crippen LogP contribution in [0.5, 0.6) is 0 Å². The van der Waals surface area contributed by atoms with Crippen molar-refractivity contribution in [2.24, 2.45) is 0 Å². The molecule has 0 radical (unpaired) electrons. The summed E-state index contributed by atoms with van der Waals surface area (Å²) in [6.45, 7) is 2.14. The molecule has 0 amide bonds. The van der Waals surface area contributed by atoms with E-state index >= 15 is 0 Å². The van der Waals surface area contributed by atoms with Crippen LogP contribution in [0.2, 0.25) is 0 Å². The molecule has 0 aliphatic heterocycles. The second-order valence-electron chi connectivity index (χ2n) is 4.83. The van der Waals surface area contributed by atoms with Crippen molar-refractivity contribution in [2.45, 2.75) is 6.92 Å². The molecule has 2 bridgehead atoms. The molecule has 3 aliphatic carbocycles. The van der Waals surface area contributed by atoms with Crippen molar-refractivity contribution in [3.63, 3.8) is 0 Å². The van der Waals surface area contributed by atoms with Crippen LogP contribution in [0.4, 0.5) is 0 Å². The van der Waals surface area contributed by atoms with Crippen molar-refractivity contribution in [3.05, 3.63) is 88.2 Å². The summed E-state index contributed by atoms with van der Waals surface area (Å²) in [7, 11) is 0. The Morgan fingerprint density at radius 1 is 0.889 bits per heavy atom. The van der Waals surface area contributed by atoms with Gasteiger partial charge in [0.1, 0.15) is 0 Å². The van der Waals surface area contributed by atoms with E-state index in [0.29, 0.717) is 0 Å². The summed E-state index contributed by atoms with van der Waals surface area (Å²) >= 11 is 0. The largest absolute Gasteiger partial charge is 0.103 e. The number of benzene rings is 1. The van der Waals surface area contributed by atoms with E-state index < -0.39 is 0 Å². The van der Waals surface area contributed by atoms with E-state index in [4.69, 9.17) is 0 Å². The van der Waals surface area contributed by atoms with Crippen molar-refractivity contribution in [1.29, 1.82) is 0 Å². The van der Waals surface area contributed by atoms with E-state index in [1.165, 1.54) is 39.0 Å². The van der Waals surface area contributed by atoms with Gasteiger partial charge in [0.15, 0.2) is 0 Å². The molecular weight excluding hydrogens is 216 g/mol. The molecular formula is C18H12. The Hall–Kier alpha value is -2.30. The molecule has 0 fully saturated rings. The van der Waals surface area contributed by atoms with E-state index in [2.05, 4.69) is 67.3 Å². The minimum Gasteiger partial charge on any atom is -0.103 e. The first-order valence-corrected chi connectivity index (χ1v) is 6.23. The summed E-state index contributed by atoms with van der Waals surface area (Å²) in [6.07, 6.45) is 10.9. The molecule has 84 valence electrons. The molecule has 3 aliphatic rings. The smallest absolute Gasteiger partial charge is 0.0328 e. The van der Waals surface area contributed by atoms with E-state index in [9.17, 15) is 0 Å². The first-order chi connectivity index (χ1) is 8.84. The molecule has 0 aromatic heterocycles. The zero-order valence-electron chi connectivity index (χ0n) is 10.2.